The average molecular weight is 398 g/mol. The zero-order valence-corrected chi connectivity index (χ0v) is 17.2. The highest BCUT2D eigenvalue weighted by molar-refractivity contribution is 7.99. The quantitative estimate of drug-likeness (QED) is 0.662. The van der Waals surface area contributed by atoms with Gasteiger partial charge in [-0.3, -0.25) is 4.79 Å². The number of aryl methyl sites for hydroxylation is 2. The van der Waals surface area contributed by atoms with E-state index in [4.69, 9.17) is 10.00 Å². The highest BCUT2D eigenvalue weighted by atomic mass is 32.2. The van der Waals surface area contributed by atoms with Crippen molar-refractivity contribution in [2.45, 2.75) is 43.2 Å². The van der Waals surface area contributed by atoms with Crippen LogP contribution in [0.5, 0.6) is 0 Å². The van der Waals surface area contributed by atoms with Gasteiger partial charge in [0, 0.05) is 24.7 Å². The van der Waals surface area contributed by atoms with Crippen LogP contribution in [0.2, 0.25) is 0 Å². The Labute approximate surface area is 169 Å². The fourth-order valence-electron chi connectivity index (χ4n) is 2.43. The fraction of sp³-hybridized carbons (Fsp3) is 0.333. The molecule has 0 unspecified atom stereocenters. The lowest BCUT2D eigenvalue weighted by Gasteiger charge is -2.20. The maximum Gasteiger partial charge on any atom is 0.341 e. The molecule has 0 spiro atoms. The Morgan fingerprint density at radius 2 is 2.04 bits per heavy atom. The smallest absolute Gasteiger partial charge is 0.341 e. The summed E-state index contributed by atoms with van der Waals surface area (Å²) in [6.07, 6.45) is 0.892. The van der Waals surface area contributed by atoms with E-state index in [0.29, 0.717) is 10.6 Å². The molecule has 1 aromatic carbocycles. The molecule has 0 N–H and O–H groups in total. The lowest BCUT2D eigenvalue weighted by atomic mass is 10.1. The van der Waals surface area contributed by atoms with Gasteiger partial charge in [0.1, 0.15) is 5.03 Å². The number of ether oxygens (including phenoxy) is 1. The third kappa shape index (κ3) is 5.57. The van der Waals surface area contributed by atoms with Crippen LogP contribution in [0.15, 0.2) is 46.5 Å². The van der Waals surface area contributed by atoms with E-state index in [-0.39, 0.29) is 18.9 Å². The third-order valence-electron chi connectivity index (χ3n) is 4.25. The van der Waals surface area contributed by atoms with E-state index in [1.54, 1.807) is 25.4 Å². The molecule has 1 atom stereocenters. The number of hydrogen-bond acceptors (Lipinski definition) is 6. The minimum absolute atomic E-state index is 0.224. The minimum atomic E-state index is -0.948. The van der Waals surface area contributed by atoms with Crippen LogP contribution in [-0.2, 0) is 9.53 Å². The number of hydrogen-bond donors (Lipinski definition) is 0. The van der Waals surface area contributed by atoms with Crippen molar-refractivity contribution in [2.24, 2.45) is 0 Å². The summed E-state index contributed by atoms with van der Waals surface area (Å²) in [6, 6.07) is 11.3. The van der Waals surface area contributed by atoms with Gasteiger partial charge in [0.15, 0.2) is 6.10 Å². The van der Waals surface area contributed by atoms with Crippen LogP contribution in [0.3, 0.4) is 0 Å². The molecule has 0 aliphatic heterocycles. The number of amides is 1. The molecule has 0 saturated heterocycles. The molecule has 146 valence electrons. The van der Waals surface area contributed by atoms with Gasteiger partial charge in [0.25, 0.3) is 5.91 Å². The summed E-state index contributed by atoms with van der Waals surface area (Å²) in [4.78, 5) is 31.6. The lowest BCUT2D eigenvalue weighted by Crippen LogP contribution is -2.38. The zero-order chi connectivity index (χ0) is 20.7. The van der Waals surface area contributed by atoms with Crippen molar-refractivity contribution < 1.29 is 14.3 Å². The van der Waals surface area contributed by atoms with Crippen LogP contribution in [0.25, 0.3) is 0 Å². The van der Waals surface area contributed by atoms with Crippen molar-refractivity contribution in [2.75, 3.05) is 13.6 Å². The van der Waals surface area contributed by atoms with E-state index in [2.05, 4.69) is 4.98 Å². The summed E-state index contributed by atoms with van der Waals surface area (Å²) in [5.74, 6) is -0.954. The van der Waals surface area contributed by atoms with E-state index >= 15 is 0 Å². The van der Waals surface area contributed by atoms with Gasteiger partial charge in [-0.1, -0.05) is 17.8 Å². The summed E-state index contributed by atoms with van der Waals surface area (Å²) in [6.45, 7) is 5.89. The maximum atomic E-state index is 12.6. The van der Waals surface area contributed by atoms with Crippen molar-refractivity contribution in [3.05, 3.63) is 53.2 Å². The Morgan fingerprint density at radius 3 is 2.71 bits per heavy atom. The molecular weight excluding hydrogens is 374 g/mol. The van der Waals surface area contributed by atoms with Gasteiger partial charge >= 0.3 is 5.97 Å². The van der Waals surface area contributed by atoms with Crippen molar-refractivity contribution >= 4 is 23.6 Å². The molecule has 6 nitrogen and oxygen atoms in total. The van der Waals surface area contributed by atoms with Crippen molar-refractivity contribution in [1.82, 2.24) is 9.88 Å². The number of rotatable bonds is 7. The summed E-state index contributed by atoms with van der Waals surface area (Å²) in [5, 5.41) is 9.15. The Balaban J connectivity index is 2.12. The summed E-state index contributed by atoms with van der Waals surface area (Å²) in [5.41, 5.74) is 2.66. The van der Waals surface area contributed by atoms with Crippen LogP contribution in [0.1, 0.15) is 34.8 Å². The number of carbonyl (C=O) groups excluding carboxylic acids is 2. The highest BCUT2D eigenvalue weighted by Gasteiger charge is 2.24. The van der Waals surface area contributed by atoms with Crippen LogP contribution in [-0.4, -0.2) is 41.5 Å². The summed E-state index contributed by atoms with van der Waals surface area (Å²) >= 11 is 1.37. The Hall–Kier alpha value is -2.85. The fourth-order valence-corrected chi connectivity index (χ4v) is 3.40. The molecule has 1 heterocycles. The first-order valence-electron chi connectivity index (χ1n) is 8.86. The molecule has 2 aromatic rings. The Morgan fingerprint density at radius 1 is 1.29 bits per heavy atom. The van der Waals surface area contributed by atoms with Gasteiger partial charge in [-0.05, 0) is 56.2 Å². The molecule has 0 aliphatic rings. The molecule has 0 bridgehead atoms. The standard InChI is InChI=1S/C21H23N3O3S/c1-14-8-9-17(13-15(14)2)28-19-18(7-5-11-23-19)21(26)27-16(3)20(25)24(4)12-6-10-22/h5,7-9,11,13,16H,6,12H2,1-4H3/t16-/m0/s1. The van der Waals surface area contributed by atoms with E-state index in [1.807, 2.05) is 38.1 Å². The molecule has 1 aromatic heterocycles. The number of aromatic nitrogens is 1. The predicted molar refractivity (Wildman–Crippen MR) is 107 cm³/mol. The van der Waals surface area contributed by atoms with Gasteiger partial charge in [0.05, 0.1) is 18.1 Å². The van der Waals surface area contributed by atoms with Crippen LogP contribution in [0, 0.1) is 25.2 Å². The third-order valence-corrected chi connectivity index (χ3v) is 5.26. The zero-order valence-electron chi connectivity index (χ0n) is 16.4. The van der Waals surface area contributed by atoms with E-state index in [0.717, 1.165) is 10.5 Å². The van der Waals surface area contributed by atoms with Crippen molar-refractivity contribution in [1.29, 1.82) is 5.26 Å². The second kappa shape index (κ2) is 9.90. The Bertz CT molecular complexity index is 908. The summed E-state index contributed by atoms with van der Waals surface area (Å²) < 4.78 is 5.35. The predicted octanol–water partition coefficient (Wildman–Crippen LogP) is 3.77. The number of nitriles is 1. The molecule has 28 heavy (non-hydrogen) atoms. The molecule has 0 radical (unpaired) electrons. The second-order valence-electron chi connectivity index (χ2n) is 6.42. The first-order valence-corrected chi connectivity index (χ1v) is 9.68. The number of esters is 1. The van der Waals surface area contributed by atoms with Gasteiger partial charge in [-0.2, -0.15) is 5.26 Å². The van der Waals surface area contributed by atoms with E-state index < -0.39 is 12.1 Å². The monoisotopic (exact) mass is 397 g/mol. The lowest BCUT2D eigenvalue weighted by molar-refractivity contribution is -0.138. The largest absolute Gasteiger partial charge is 0.449 e. The summed E-state index contributed by atoms with van der Waals surface area (Å²) in [7, 11) is 1.58. The number of carbonyl (C=O) groups is 2. The molecule has 0 fully saturated rings. The van der Waals surface area contributed by atoms with Gasteiger partial charge < -0.3 is 9.64 Å². The topological polar surface area (TPSA) is 83.3 Å². The van der Waals surface area contributed by atoms with Gasteiger partial charge in [-0.15, -0.1) is 0 Å². The number of pyridine rings is 1. The minimum Gasteiger partial charge on any atom is -0.449 e. The first kappa shape index (κ1) is 21.5. The van der Waals surface area contributed by atoms with E-state index in [1.165, 1.54) is 29.1 Å². The SMILES string of the molecule is Cc1ccc(Sc2ncccc2C(=O)O[C@@H](C)C(=O)N(C)CCC#N)cc1C. The highest BCUT2D eigenvalue weighted by Crippen LogP contribution is 2.30. The number of nitrogens with zero attached hydrogens (tertiary/aromatic N) is 3. The van der Waals surface area contributed by atoms with Crippen LogP contribution in [0.4, 0.5) is 0 Å². The second-order valence-corrected chi connectivity index (χ2v) is 7.48. The Kier molecular flexibility index (Phi) is 7.59. The van der Waals surface area contributed by atoms with Crippen molar-refractivity contribution in [3.8, 4) is 6.07 Å². The molecular formula is C21H23N3O3S. The molecule has 0 saturated carbocycles. The van der Waals surface area contributed by atoms with E-state index in [9.17, 15) is 9.59 Å². The first-order chi connectivity index (χ1) is 13.3. The number of benzene rings is 1. The van der Waals surface area contributed by atoms with Crippen LogP contribution >= 0.6 is 11.8 Å². The maximum absolute atomic E-state index is 12.6. The molecule has 1 amide bonds. The number of likely N-dealkylation sites (N-methyl/N-ethyl adjacent to an activating group) is 1. The normalized spacial score (nSPS) is 11.4. The molecule has 2 rings (SSSR count). The average Bonchev–Trinajstić information content (AvgIpc) is 2.68. The van der Waals surface area contributed by atoms with Crippen LogP contribution < -0.4 is 0 Å². The molecule has 7 heteroatoms. The molecule has 0 aliphatic carbocycles. The van der Waals surface area contributed by atoms with Gasteiger partial charge in [-0.25, -0.2) is 9.78 Å². The van der Waals surface area contributed by atoms with Gasteiger partial charge in [0.2, 0.25) is 0 Å². The van der Waals surface area contributed by atoms with Crippen molar-refractivity contribution in [3.63, 3.8) is 0 Å².